The number of carbonyl (C=O) groups is 1. The molecule has 6 nitrogen and oxygen atoms in total. The third-order valence-electron chi connectivity index (χ3n) is 3.61. The fraction of sp³-hybridized carbons (Fsp3) is 0.111. The number of benzene rings is 2. The van der Waals surface area contributed by atoms with Gasteiger partial charge in [-0.1, -0.05) is 36.4 Å². The van der Waals surface area contributed by atoms with Gasteiger partial charge in [0, 0.05) is 11.9 Å². The van der Waals surface area contributed by atoms with Crippen molar-refractivity contribution in [1.82, 2.24) is 10.3 Å². The summed E-state index contributed by atoms with van der Waals surface area (Å²) in [7, 11) is -3.41. The Labute approximate surface area is 145 Å². The maximum absolute atomic E-state index is 12.1. The summed E-state index contributed by atoms with van der Waals surface area (Å²) in [6.45, 7) is 0.0179. The predicted molar refractivity (Wildman–Crippen MR) is 97.3 cm³/mol. The summed E-state index contributed by atoms with van der Waals surface area (Å²) in [6.07, 6.45) is 1.56. The maximum atomic E-state index is 12.1. The fourth-order valence-electron chi connectivity index (χ4n) is 2.36. The van der Waals surface area contributed by atoms with Crippen molar-refractivity contribution in [2.75, 3.05) is 17.6 Å². The van der Waals surface area contributed by atoms with Crippen LogP contribution >= 0.6 is 0 Å². The van der Waals surface area contributed by atoms with Crippen LogP contribution in [0.2, 0.25) is 0 Å². The number of carbonyl (C=O) groups excluding carboxylic acids is 1. The number of nitrogens with zero attached hydrogens (tertiary/aromatic N) is 1. The molecule has 0 fully saturated rings. The molecule has 1 heterocycles. The van der Waals surface area contributed by atoms with Gasteiger partial charge in [-0.05, 0) is 24.3 Å². The van der Waals surface area contributed by atoms with Crippen LogP contribution in [0.4, 0.5) is 10.5 Å². The van der Waals surface area contributed by atoms with Gasteiger partial charge >= 0.3 is 6.03 Å². The van der Waals surface area contributed by atoms with E-state index in [4.69, 9.17) is 0 Å². The lowest BCUT2D eigenvalue weighted by molar-refractivity contribution is 0.252. The van der Waals surface area contributed by atoms with Crippen LogP contribution in [0.15, 0.2) is 71.8 Å². The highest BCUT2D eigenvalue weighted by molar-refractivity contribution is 7.91. The quantitative estimate of drug-likeness (QED) is 0.737. The highest BCUT2D eigenvalue weighted by Crippen LogP contribution is 2.15. The topological polar surface area (TPSA) is 88.2 Å². The van der Waals surface area contributed by atoms with Crippen LogP contribution in [-0.4, -0.2) is 31.7 Å². The van der Waals surface area contributed by atoms with Crippen molar-refractivity contribution in [1.29, 1.82) is 0 Å². The Morgan fingerprint density at radius 1 is 1.00 bits per heavy atom. The van der Waals surface area contributed by atoms with Gasteiger partial charge in [-0.2, -0.15) is 0 Å². The average Bonchev–Trinajstić information content (AvgIpc) is 2.62. The molecule has 0 spiro atoms. The Hall–Kier alpha value is -2.93. The van der Waals surface area contributed by atoms with Gasteiger partial charge in [-0.15, -0.1) is 0 Å². The molecule has 7 heteroatoms. The normalized spacial score (nSPS) is 11.2. The van der Waals surface area contributed by atoms with Crippen molar-refractivity contribution in [3.8, 4) is 0 Å². The molecular weight excluding hydrogens is 338 g/mol. The molecule has 2 N–H and O–H groups in total. The molecule has 25 heavy (non-hydrogen) atoms. The van der Waals surface area contributed by atoms with Crippen molar-refractivity contribution in [2.45, 2.75) is 4.90 Å². The van der Waals surface area contributed by atoms with Crippen LogP contribution in [0.5, 0.6) is 0 Å². The lowest BCUT2D eigenvalue weighted by atomic mass is 10.2. The lowest BCUT2D eigenvalue weighted by Crippen LogP contribution is -2.32. The molecule has 0 atom stereocenters. The zero-order valence-corrected chi connectivity index (χ0v) is 14.2. The summed E-state index contributed by atoms with van der Waals surface area (Å²) in [6, 6.07) is 17.1. The van der Waals surface area contributed by atoms with Gasteiger partial charge in [0.05, 0.1) is 28.0 Å². The van der Waals surface area contributed by atoms with Crippen LogP contribution in [0.1, 0.15) is 0 Å². The van der Waals surface area contributed by atoms with E-state index in [-0.39, 0.29) is 17.2 Å². The molecule has 0 bridgehead atoms. The third-order valence-corrected chi connectivity index (χ3v) is 5.34. The molecule has 2 aromatic carbocycles. The first-order chi connectivity index (χ1) is 12.0. The van der Waals surface area contributed by atoms with E-state index in [1.165, 1.54) is 12.1 Å². The van der Waals surface area contributed by atoms with Gasteiger partial charge in [0.1, 0.15) is 0 Å². The first-order valence-electron chi connectivity index (χ1n) is 7.72. The molecule has 0 aliphatic carbocycles. The van der Waals surface area contributed by atoms with Crippen molar-refractivity contribution in [3.63, 3.8) is 0 Å². The highest BCUT2D eigenvalue weighted by Gasteiger charge is 2.14. The zero-order chi connectivity index (χ0) is 17.7. The Balaban J connectivity index is 1.55. The second-order valence-electron chi connectivity index (χ2n) is 5.43. The monoisotopic (exact) mass is 355 g/mol. The fourth-order valence-corrected chi connectivity index (χ4v) is 3.54. The average molecular weight is 355 g/mol. The molecule has 128 valence electrons. The Kier molecular flexibility index (Phi) is 4.95. The maximum Gasteiger partial charge on any atom is 0.319 e. The van der Waals surface area contributed by atoms with Gasteiger partial charge in [0.15, 0.2) is 9.84 Å². The standard InChI is InChI=1S/C18H17N3O3S/c22-18(19-10-11-25(23,24)16-7-2-1-3-8-16)21-15-12-14-6-4-5-9-17(14)20-13-15/h1-9,12-13H,10-11H2,(H2,19,21,22). The first-order valence-corrected chi connectivity index (χ1v) is 9.37. The van der Waals surface area contributed by atoms with E-state index >= 15 is 0 Å². The number of pyridine rings is 1. The number of aromatic nitrogens is 1. The van der Waals surface area contributed by atoms with Gasteiger partial charge in [0.25, 0.3) is 0 Å². The summed E-state index contributed by atoms with van der Waals surface area (Å²) in [5, 5.41) is 6.11. The minimum Gasteiger partial charge on any atom is -0.337 e. The highest BCUT2D eigenvalue weighted by atomic mass is 32.2. The van der Waals surface area contributed by atoms with E-state index in [0.717, 1.165) is 10.9 Å². The van der Waals surface area contributed by atoms with Crippen LogP contribution in [0.25, 0.3) is 10.9 Å². The Morgan fingerprint density at radius 3 is 2.52 bits per heavy atom. The summed E-state index contributed by atoms with van der Waals surface area (Å²) >= 11 is 0. The molecule has 0 aliphatic heterocycles. The van der Waals surface area contributed by atoms with Crippen molar-refractivity contribution in [2.24, 2.45) is 0 Å². The number of sulfone groups is 1. The van der Waals surface area contributed by atoms with Crippen LogP contribution in [-0.2, 0) is 9.84 Å². The Morgan fingerprint density at radius 2 is 1.72 bits per heavy atom. The van der Waals surface area contributed by atoms with Crippen molar-refractivity contribution < 1.29 is 13.2 Å². The SMILES string of the molecule is O=C(NCCS(=O)(=O)c1ccccc1)Nc1cnc2ccccc2c1. The van der Waals surface area contributed by atoms with Gasteiger partial charge in [-0.25, -0.2) is 13.2 Å². The largest absolute Gasteiger partial charge is 0.337 e. The molecule has 0 radical (unpaired) electrons. The Bertz CT molecular complexity index is 989. The third kappa shape index (κ3) is 4.33. The van der Waals surface area contributed by atoms with Gasteiger partial charge in [-0.3, -0.25) is 4.98 Å². The number of urea groups is 1. The number of hydrogen-bond donors (Lipinski definition) is 2. The van der Waals surface area contributed by atoms with Crippen LogP contribution in [0.3, 0.4) is 0 Å². The number of para-hydroxylation sites is 1. The number of fused-ring (bicyclic) bond motifs is 1. The second kappa shape index (κ2) is 7.31. The second-order valence-corrected chi connectivity index (χ2v) is 7.54. The van der Waals surface area contributed by atoms with E-state index in [1.807, 2.05) is 30.3 Å². The first kappa shape index (κ1) is 16.9. The smallest absolute Gasteiger partial charge is 0.319 e. The minimum absolute atomic E-state index is 0.0179. The van der Waals surface area contributed by atoms with Crippen molar-refractivity contribution >= 4 is 32.5 Å². The summed E-state index contributed by atoms with van der Waals surface area (Å²) in [5.41, 5.74) is 1.38. The van der Waals surface area contributed by atoms with Crippen LogP contribution < -0.4 is 10.6 Å². The number of hydrogen-bond acceptors (Lipinski definition) is 4. The number of nitrogens with one attached hydrogen (secondary N) is 2. The lowest BCUT2D eigenvalue weighted by Gasteiger charge is -2.09. The van der Waals surface area contributed by atoms with Gasteiger partial charge in [0.2, 0.25) is 0 Å². The molecule has 0 unspecified atom stereocenters. The van der Waals surface area contributed by atoms with Gasteiger partial charge < -0.3 is 10.6 Å². The zero-order valence-electron chi connectivity index (χ0n) is 13.3. The van der Waals surface area contributed by atoms with Crippen molar-refractivity contribution in [3.05, 3.63) is 66.9 Å². The van der Waals surface area contributed by atoms with E-state index in [2.05, 4.69) is 15.6 Å². The molecule has 3 aromatic rings. The van der Waals surface area contributed by atoms with Crippen LogP contribution in [0, 0.1) is 0 Å². The summed E-state index contributed by atoms with van der Waals surface area (Å²) in [4.78, 5) is 16.4. The van der Waals surface area contributed by atoms with E-state index in [9.17, 15) is 13.2 Å². The minimum atomic E-state index is -3.41. The molecule has 0 saturated carbocycles. The van der Waals surface area contributed by atoms with E-state index < -0.39 is 15.9 Å². The molecule has 3 rings (SSSR count). The molecule has 1 aromatic heterocycles. The number of anilines is 1. The molecular formula is C18H17N3O3S. The molecule has 0 saturated heterocycles. The van der Waals surface area contributed by atoms with E-state index in [1.54, 1.807) is 24.4 Å². The van der Waals surface area contributed by atoms with E-state index in [0.29, 0.717) is 5.69 Å². The summed E-state index contributed by atoms with van der Waals surface area (Å²) in [5.74, 6) is -0.166. The molecule has 2 amide bonds. The molecule has 0 aliphatic rings. The number of amides is 2. The number of rotatable bonds is 5. The predicted octanol–water partition coefficient (Wildman–Crippen LogP) is 2.83. The summed E-state index contributed by atoms with van der Waals surface area (Å²) < 4.78 is 24.3.